The number of aryl methyl sites for hydroxylation is 1. The molecule has 0 amide bonds. The molecule has 1 aliphatic heterocycles. The number of aromatic nitrogens is 1. The number of hydrogen-bond acceptors (Lipinski definition) is 3. The molecule has 0 aliphatic carbocycles. The van der Waals surface area contributed by atoms with E-state index in [1.54, 1.807) is 11.8 Å². The lowest BCUT2D eigenvalue weighted by molar-refractivity contribution is 0.0598. The molecule has 1 aliphatic rings. The van der Waals surface area contributed by atoms with Gasteiger partial charge in [0, 0.05) is 23.2 Å². The van der Waals surface area contributed by atoms with Gasteiger partial charge in [-0.1, -0.05) is 18.2 Å². The predicted octanol–water partition coefficient (Wildman–Crippen LogP) is 2.92. The molecule has 1 aromatic carbocycles. The Labute approximate surface area is 104 Å². The summed E-state index contributed by atoms with van der Waals surface area (Å²) in [6, 6.07) is 8.03. The molecule has 0 bridgehead atoms. The summed E-state index contributed by atoms with van der Waals surface area (Å²) < 4.78 is 7.14. The highest BCUT2D eigenvalue weighted by molar-refractivity contribution is 7.99. The molecule has 88 valence electrons. The summed E-state index contributed by atoms with van der Waals surface area (Å²) in [5.41, 5.74) is 1.86. The third kappa shape index (κ3) is 1.55. The molecule has 0 spiro atoms. The topological polar surface area (TPSA) is 31.2 Å². The van der Waals surface area contributed by atoms with E-state index in [1.807, 2.05) is 18.2 Å². The van der Waals surface area contributed by atoms with E-state index in [1.165, 1.54) is 7.11 Å². The molecule has 0 fully saturated rings. The number of rotatable bonds is 1. The van der Waals surface area contributed by atoms with Crippen LogP contribution in [0.2, 0.25) is 0 Å². The van der Waals surface area contributed by atoms with Crippen LogP contribution >= 0.6 is 11.8 Å². The highest BCUT2D eigenvalue weighted by Gasteiger charge is 2.24. The smallest absolute Gasteiger partial charge is 0.341 e. The van der Waals surface area contributed by atoms with E-state index in [9.17, 15) is 4.79 Å². The van der Waals surface area contributed by atoms with Gasteiger partial charge in [0.15, 0.2) is 0 Å². The number of esters is 1. The van der Waals surface area contributed by atoms with Gasteiger partial charge in [0.05, 0.1) is 17.7 Å². The number of methoxy groups -OCH3 is 1. The van der Waals surface area contributed by atoms with Gasteiger partial charge in [-0.15, -0.1) is 11.8 Å². The van der Waals surface area contributed by atoms with Crippen LogP contribution in [0.4, 0.5) is 0 Å². The Morgan fingerprint density at radius 1 is 1.41 bits per heavy atom. The fourth-order valence-electron chi connectivity index (χ4n) is 2.34. The van der Waals surface area contributed by atoms with E-state index in [0.717, 1.165) is 40.2 Å². The lowest BCUT2D eigenvalue weighted by atomic mass is 10.2. The monoisotopic (exact) mass is 247 g/mol. The molecule has 4 heteroatoms. The molecule has 3 rings (SSSR count). The first kappa shape index (κ1) is 10.7. The maximum Gasteiger partial charge on any atom is 0.341 e. The molecule has 0 unspecified atom stereocenters. The summed E-state index contributed by atoms with van der Waals surface area (Å²) in [5, 5.41) is 2.06. The molecule has 0 atom stereocenters. The Balaban J connectivity index is 2.35. The zero-order valence-electron chi connectivity index (χ0n) is 9.60. The molecule has 0 saturated heterocycles. The lowest BCUT2D eigenvalue weighted by Gasteiger charge is -2.15. The fourth-order valence-corrected chi connectivity index (χ4v) is 3.49. The van der Waals surface area contributed by atoms with Crippen molar-refractivity contribution in [1.29, 1.82) is 0 Å². The van der Waals surface area contributed by atoms with E-state index in [4.69, 9.17) is 4.74 Å². The largest absolute Gasteiger partial charge is 0.465 e. The lowest BCUT2D eigenvalue weighted by Crippen LogP contribution is -2.09. The number of hydrogen-bond donors (Lipinski definition) is 0. The van der Waals surface area contributed by atoms with Crippen LogP contribution in [-0.4, -0.2) is 23.4 Å². The van der Waals surface area contributed by atoms with E-state index < -0.39 is 0 Å². The summed E-state index contributed by atoms with van der Waals surface area (Å²) >= 11 is 1.75. The molecular weight excluding hydrogens is 234 g/mol. The van der Waals surface area contributed by atoms with Crippen molar-refractivity contribution in [1.82, 2.24) is 4.57 Å². The standard InChI is InChI=1S/C13H13NO2S/c1-16-13(15)11-9-5-2-3-6-10(9)14-7-4-8-17-12(11)14/h2-3,5-6H,4,7-8H2,1H3. The summed E-state index contributed by atoms with van der Waals surface area (Å²) in [5.74, 6) is 0.838. The van der Waals surface area contributed by atoms with Crippen LogP contribution < -0.4 is 0 Å². The number of carbonyl (C=O) groups is 1. The predicted molar refractivity (Wildman–Crippen MR) is 68.6 cm³/mol. The summed E-state index contributed by atoms with van der Waals surface area (Å²) in [4.78, 5) is 11.9. The number of benzene rings is 1. The van der Waals surface area contributed by atoms with Crippen LogP contribution in [0.25, 0.3) is 10.9 Å². The van der Waals surface area contributed by atoms with Gasteiger partial charge < -0.3 is 9.30 Å². The van der Waals surface area contributed by atoms with Gasteiger partial charge in [-0.2, -0.15) is 0 Å². The fraction of sp³-hybridized carbons (Fsp3) is 0.308. The van der Waals surface area contributed by atoms with Crippen LogP contribution in [0.1, 0.15) is 16.8 Å². The second-order valence-corrected chi connectivity index (χ2v) is 5.13. The number of fused-ring (bicyclic) bond motifs is 3. The van der Waals surface area contributed by atoms with Crippen molar-refractivity contribution in [2.45, 2.75) is 18.0 Å². The van der Waals surface area contributed by atoms with Crippen LogP contribution in [-0.2, 0) is 11.3 Å². The summed E-state index contributed by atoms with van der Waals surface area (Å²) in [6.45, 7) is 0.986. The third-order valence-corrected chi connectivity index (χ3v) is 4.27. The molecule has 0 N–H and O–H groups in total. The minimum atomic E-state index is -0.232. The Morgan fingerprint density at radius 3 is 3.06 bits per heavy atom. The Morgan fingerprint density at radius 2 is 2.24 bits per heavy atom. The van der Waals surface area contributed by atoms with Crippen molar-refractivity contribution >= 4 is 28.6 Å². The second-order valence-electron chi connectivity index (χ2n) is 4.04. The summed E-state index contributed by atoms with van der Waals surface area (Å²) in [7, 11) is 1.44. The normalized spacial score (nSPS) is 14.6. The molecule has 2 aromatic rings. The minimum Gasteiger partial charge on any atom is -0.465 e. The second kappa shape index (κ2) is 4.11. The number of carbonyl (C=O) groups excluding carboxylic acids is 1. The Bertz CT molecular complexity index is 588. The molecular formula is C13H13NO2S. The highest BCUT2D eigenvalue weighted by Crippen LogP contribution is 2.36. The Hall–Kier alpha value is -1.42. The van der Waals surface area contributed by atoms with Crippen molar-refractivity contribution in [3.8, 4) is 0 Å². The van der Waals surface area contributed by atoms with Crippen molar-refractivity contribution in [3.05, 3.63) is 29.8 Å². The number of para-hydroxylation sites is 1. The van der Waals surface area contributed by atoms with Gasteiger partial charge >= 0.3 is 5.97 Å². The zero-order valence-corrected chi connectivity index (χ0v) is 10.4. The molecule has 0 radical (unpaired) electrons. The summed E-state index contributed by atoms with van der Waals surface area (Å²) in [6.07, 6.45) is 1.15. The first-order valence-electron chi connectivity index (χ1n) is 5.65. The average Bonchev–Trinajstić information content (AvgIpc) is 2.72. The first-order chi connectivity index (χ1) is 8.33. The van der Waals surface area contributed by atoms with Gasteiger partial charge in [-0.05, 0) is 12.5 Å². The number of thioether (sulfide) groups is 1. The molecule has 3 nitrogen and oxygen atoms in total. The van der Waals surface area contributed by atoms with E-state index >= 15 is 0 Å². The van der Waals surface area contributed by atoms with Crippen molar-refractivity contribution in [2.24, 2.45) is 0 Å². The van der Waals surface area contributed by atoms with Gasteiger partial charge in [0.1, 0.15) is 0 Å². The van der Waals surface area contributed by atoms with Crippen LogP contribution in [0.5, 0.6) is 0 Å². The van der Waals surface area contributed by atoms with Crippen LogP contribution in [0.15, 0.2) is 29.3 Å². The van der Waals surface area contributed by atoms with E-state index in [2.05, 4.69) is 10.6 Å². The van der Waals surface area contributed by atoms with Gasteiger partial charge in [0.2, 0.25) is 0 Å². The SMILES string of the molecule is COC(=O)c1c2n(c3ccccc13)CCCS2. The maximum absolute atomic E-state index is 11.9. The van der Waals surface area contributed by atoms with Crippen molar-refractivity contribution in [3.63, 3.8) is 0 Å². The molecule has 2 heterocycles. The number of nitrogens with zero attached hydrogens (tertiary/aromatic N) is 1. The van der Waals surface area contributed by atoms with Crippen molar-refractivity contribution in [2.75, 3.05) is 12.9 Å². The van der Waals surface area contributed by atoms with E-state index in [-0.39, 0.29) is 5.97 Å². The minimum absolute atomic E-state index is 0.232. The van der Waals surface area contributed by atoms with Gasteiger partial charge in [0.25, 0.3) is 0 Å². The Kier molecular flexibility index (Phi) is 2.59. The van der Waals surface area contributed by atoms with Crippen LogP contribution in [0.3, 0.4) is 0 Å². The molecule has 0 saturated carbocycles. The maximum atomic E-state index is 11.9. The number of ether oxygens (including phenoxy) is 1. The van der Waals surface area contributed by atoms with Gasteiger partial charge in [-0.25, -0.2) is 4.79 Å². The molecule has 1 aromatic heterocycles. The van der Waals surface area contributed by atoms with Crippen molar-refractivity contribution < 1.29 is 9.53 Å². The average molecular weight is 247 g/mol. The van der Waals surface area contributed by atoms with E-state index in [0.29, 0.717) is 0 Å². The third-order valence-electron chi connectivity index (χ3n) is 3.08. The zero-order chi connectivity index (χ0) is 11.8. The van der Waals surface area contributed by atoms with Crippen LogP contribution in [0, 0.1) is 0 Å². The first-order valence-corrected chi connectivity index (χ1v) is 6.64. The highest BCUT2D eigenvalue weighted by atomic mass is 32.2. The quantitative estimate of drug-likeness (QED) is 0.726. The molecule has 17 heavy (non-hydrogen) atoms. The van der Waals surface area contributed by atoms with Gasteiger partial charge in [-0.3, -0.25) is 0 Å².